The van der Waals surface area contributed by atoms with E-state index in [1.807, 2.05) is 0 Å². The maximum atomic E-state index is 4.95. The number of fused-ring (bicyclic) bond motifs is 1. The van der Waals surface area contributed by atoms with E-state index in [1.54, 1.807) is 6.20 Å². The second-order valence-electron chi connectivity index (χ2n) is 2.15. The van der Waals surface area contributed by atoms with Crippen LogP contribution in [0.3, 0.4) is 0 Å². The monoisotopic (exact) mass is 121 g/mol. The van der Waals surface area contributed by atoms with Crippen molar-refractivity contribution < 1.29 is 4.52 Å². The number of rotatable bonds is 0. The van der Waals surface area contributed by atoms with Gasteiger partial charge in [-0.3, -0.25) is 0 Å². The van der Waals surface area contributed by atoms with Crippen molar-refractivity contribution in [2.24, 2.45) is 0 Å². The first-order valence-corrected chi connectivity index (χ1v) is 3.07. The molecule has 0 saturated carbocycles. The predicted octanol–water partition coefficient (Wildman–Crippen LogP) is 1.63. The topological polar surface area (TPSA) is 26.0 Å². The molecule has 0 N–H and O–H groups in total. The van der Waals surface area contributed by atoms with Crippen molar-refractivity contribution in [1.82, 2.24) is 5.16 Å². The van der Waals surface area contributed by atoms with E-state index >= 15 is 0 Å². The highest BCUT2D eigenvalue weighted by Gasteiger charge is 2.06. The summed E-state index contributed by atoms with van der Waals surface area (Å²) in [5.41, 5.74) is 1.14. The third-order valence-electron chi connectivity index (χ3n) is 1.51. The van der Waals surface area contributed by atoms with E-state index in [4.69, 9.17) is 4.52 Å². The SMILES string of the molecule is C1=Cc2cnoc2CC1. The summed E-state index contributed by atoms with van der Waals surface area (Å²) >= 11 is 0. The maximum Gasteiger partial charge on any atom is 0.144 e. The van der Waals surface area contributed by atoms with Gasteiger partial charge in [-0.2, -0.15) is 0 Å². The first-order valence-electron chi connectivity index (χ1n) is 3.07. The molecule has 0 unspecified atom stereocenters. The average molecular weight is 121 g/mol. The van der Waals surface area contributed by atoms with Gasteiger partial charge in [0.25, 0.3) is 0 Å². The quantitative estimate of drug-likeness (QED) is 0.521. The molecule has 0 saturated heterocycles. The normalized spacial score (nSPS) is 15.6. The average Bonchev–Trinajstić information content (AvgIpc) is 2.33. The Morgan fingerprint density at radius 1 is 1.56 bits per heavy atom. The van der Waals surface area contributed by atoms with Gasteiger partial charge in [-0.05, 0) is 6.42 Å². The summed E-state index contributed by atoms with van der Waals surface area (Å²) in [5.74, 6) is 1.03. The van der Waals surface area contributed by atoms with Crippen LogP contribution in [-0.4, -0.2) is 5.16 Å². The van der Waals surface area contributed by atoms with Gasteiger partial charge < -0.3 is 4.52 Å². The van der Waals surface area contributed by atoms with Crippen LogP contribution in [0.1, 0.15) is 17.7 Å². The van der Waals surface area contributed by atoms with Gasteiger partial charge in [-0.25, -0.2) is 0 Å². The summed E-state index contributed by atoms with van der Waals surface area (Å²) in [6.07, 6.45) is 8.04. The zero-order valence-electron chi connectivity index (χ0n) is 5.00. The molecule has 1 aromatic heterocycles. The van der Waals surface area contributed by atoms with Gasteiger partial charge in [0.05, 0.1) is 6.20 Å². The Morgan fingerprint density at radius 2 is 2.56 bits per heavy atom. The highest BCUT2D eigenvalue weighted by Crippen LogP contribution is 2.17. The largest absolute Gasteiger partial charge is 0.361 e. The van der Waals surface area contributed by atoms with Gasteiger partial charge in [-0.15, -0.1) is 0 Å². The molecular weight excluding hydrogens is 114 g/mol. The standard InChI is InChI=1S/C7H7NO/c1-2-4-7-6(3-1)5-8-9-7/h1,3,5H,2,4H2. The zero-order chi connectivity index (χ0) is 6.10. The molecule has 0 aromatic carbocycles. The number of hydrogen-bond donors (Lipinski definition) is 0. The summed E-state index contributed by atoms with van der Waals surface area (Å²) in [6, 6.07) is 0. The first kappa shape index (κ1) is 4.79. The molecule has 2 nitrogen and oxygen atoms in total. The smallest absolute Gasteiger partial charge is 0.144 e. The van der Waals surface area contributed by atoms with Gasteiger partial charge in [0, 0.05) is 12.0 Å². The Bertz CT molecular complexity index is 237. The Labute approximate surface area is 53.2 Å². The molecule has 2 rings (SSSR count). The van der Waals surface area contributed by atoms with Crippen molar-refractivity contribution in [2.45, 2.75) is 12.8 Å². The molecule has 0 radical (unpaired) electrons. The Hall–Kier alpha value is -1.05. The van der Waals surface area contributed by atoms with Crippen LogP contribution in [0.4, 0.5) is 0 Å². The predicted molar refractivity (Wildman–Crippen MR) is 33.9 cm³/mol. The summed E-state index contributed by atoms with van der Waals surface area (Å²) in [6.45, 7) is 0. The third kappa shape index (κ3) is 0.669. The fourth-order valence-electron chi connectivity index (χ4n) is 1.02. The summed E-state index contributed by atoms with van der Waals surface area (Å²) in [4.78, 5) is 0. The molecule has 0 aliphatic heterocycles. The summed E-state index contributed by atoms with van der Waals surface area (Å²) in [7, 11) is 0. The van der Waals surface area contributed by atoms with E-state index in [-0.39, 0.29) is 0 Å². The van der Waals surface area contributed by atoms with Crippen molar-refractivity contribution in [2.75, 3.05) is 0 Å². The molecule has 1 heterocycles. The molecule has 0 fully saturated rings. The maximum absolute atomic E-state index is 4.95. The number of aryl methyl sites for hydroxylation is 1. The van der Waals surface area contributed by atoms with Crippen LogP contribution in [-0.2, 0) is 6.42 Å². The Balaban J connectivity index is 2.53. The lowest BCUT2D eigenvalue weighted by atomic mass is 10.1. The number of hydrogen-bond acceptors (Lipinski definition) is 2. The van der Waals surface area contributed by atoms with Gasteiger partial charge in [0.15, 0.2) is 0 Å². The highest BCUT2D eigenvalue weighted by molar-refractivity contribution is 5.51. The zero-order valence-corrected chi connectivity index (χ0v) is 5.00. The third-order valence-corrected chi connectivity index (χ3v) is 1.51. The van der Waals surface area contributed by atoms with Crippen LogP contribution in [0.5, 0.6) is 0 Å². The molecule has 0 spiro atoms. The molecule has 0 amide bonds. The summed E-state index contributed by atoms with van der Waals surface area (Å²) in [5, 5.41) is 3.68. The van der Waals surface area contributed by atoms with Crippen LogP contribution < -0.4 is 0 Å². The van der Waals surface area contributed by atoms with Crippen molar-refractivity contribution >= 4 is 6.08 Å². The first-order chi connectivity index (χ1) is 4.47. The van der Waals surface area contributed by atoms with Crippen LogP contribution in [0.2, 0.25) is 0 Å². The van der Waals surface area contributed by atoms with E-state index in [1.165, 1.54) is 0 Å². The Kier molecular flexibility index (Phi) is 0.918. The van der Waals surface area contributed by atoms with Crippen LogP contribution in [0.25, 0.3) is 6.08 Å². The summed E-state index contributed by atoms with van der Waals surface area (Å²) < 4.78 is 4.95. The lowest BCUT2D eigenvalue weighted by Gasteiger charge is -1.97. The lowest BCUT2D eigenvalue weighted by Crippen LogP contribution is -1.87. The lowest BCUT2D eigenvalue weighted by molar-refractivity contribution is 0.383. The Morgan fingerprint density at radius 3 is 3.44 bits per heavy atom. The molecule has 0 atom stereocenters. The fraction of sp³-hybridized carbons (Fsp3) is 0.286. The molecular formula is C7H7NO. The van der Waals surface area contributed by atoms with E-state index in [0.717, 1.165) is 24.2 Å². The number of aromatic nitrogens is 1. The van der Waals surface area contributed by atoms with Gasteiger partial charge >= 0.3 is 0 Å². The second kappa shape index (κ2) is 1.72. The highest BCUT2D eigenvalue weighted by atomic mass is 16.5. The van der Waals surface area contributed by atoms with Crippen molar-refractivity contribution in [3.05, 3.63) is 23.6 Å². The fourth-order valence-corrected chi connectivity index (χ4v) is 1.02. The minimum Gasteiger partial charge on any atom is -0.361 e. The van der Waals surface area contributed by atoms with Crippen LogP contribution >= 0.6 is 0 Å². The van der Waals surface area contributed by atoms with Crippen molar-refractivity contribution in [3.63, 3.8) is 0 Å². The van der Waals surface area contributed by atoms with E-state index in [9.17, 15) is 0 Å². The molecule has 9 heavy (non-hydrogen) atoms. The molecule has 1 aliphatic carbocycles. The molecule has 2 heteroatoms. The minimum atomic E-state index is 1.01. The van der Waals surface area contributed by atoms with Crippen LogP contribution in [0, 0.1) is 0 Å². The van der Waals surface area contributed by atoms with Crippen molar-refractivity contribution in [3.8, 4) is 0 Å². The van der Waals surface area contributed by atoms with E-state index in [2.05, 4.69) is 17.3 Å². The second-order valence-corrected chi connectivity index (χ2v) is 2.15. The van der Waals surface area contributed by atoms with Crippen LogP contribution in [0.15, 0.2) is 16.8 Å². The van der Waals surface area contributed by atoms with Gasteiger partial charge in [-0.1, -0.05) is 17.3 Å². The molecule has 46 valence electrons. The van der Waals surface area contributed by atoms with Gasteiger partial charge in [0.1, 0.15) is 5.76 Å². The molecule has 0 bridgehead atoms. The van der Waals surface area contributed by atoms with Gasteiger partial charge in [0.2, 0.25) is 0 Å². The molecule has 1 aromatic rings. The van der Waals surface area contributed by atoms with E-state index < -0.39 is 0 Å². The van der Waals surface area contributed by atoms with E-state index in [0.29, 0.717) is 0 Å². The number of allylic oxidation sites excluding steroid dienone is 1. The van der Waals surface area contributed by atoms with Crippen molar-refractivity contribution in [1.29, 1.82) is 0 Å². The minimum absolute atomic E-state index is 1.01. The molecule has 1 aliphatic rings. The number of nitrogens with zero attached hydrogens (tertiary/aromatic N) is 1.